The Hall–Kier alpha value is -2.23. The summed E-state index contributed by atoms with van der Waals surface area (Å²) >= 11 is 0. The number of methoxy groups -OCH3 is 1. The van der Waals surface area contributed by atoms with Gasteiger partial charge >= 0.3 is 5.97 Å². The molecule has 1 aliphatic rings. The lowest BCUT2D eigenvalue weighted by atomic mass is 10.2. The second kappa shape index (κ2) is 4.22. The predicted molar refractivity (Wildman–Crippen MR) is 66.2 cm³/mol. The molecular weight excluding hydrogens is 230 g/mol. The zero-order valence-electron chi connectivity index (χ0n) is 9.95. The van der Waals surface area contributed by atoms with Gasteiger partial charge in [-0.15, -0.1) is 0 Å². The number of anilines is 1. The van der Waals surface area contributed by atoms with Crippen molar-refractivity contribution >= 4 is 11.7 Å². The summed E-state index contributed by atoms with van der Waals surface area (Å²) in [4.78, 5) is 13.7. The van der Waals surface area contributed by atoms with E-state index < -0.39 is 0 Å². The monoisotopic (exact) mass is 243 g/mol. The Bertz CT molecular complexity index is 535. The minimum absolute atomic E-state index is 0.0603. The lowest BCUT2D eigenvalue weighted by Gasteiger charge is -2.04. The Labute approximate surface area is 105 Å². The maximum Gasteiger partial charge on any atom is 0.331 e. The predicted octanol–water partition coefficient (Wildman–Crippen LogP) is 2.38. The highest BCUT2D eigenvalue weighted by molar-refractivity contribution is 5.88. The van der Waals surface area contributed by atoms with Crippen LogP contribution >= 0.6 is 0 Å². The molecule has 92 valence electrons. The fraction of sp³-hybridized carbons (Fsp3) is 0.214. The van der Waals surface area contributed by atoms with Crippen molar-refractivity contribution in [3.05, 3.63) is 54.5 Å². The van der Waals surface area contributed by atoms with Gasteiger partial charge in [0.25, 0.3) is 0 Å². The molecule has 1 saturated heterocycles. The van der Waals surface area contributed by atoms with E-state index in [0.717, 1.165) is 11.4 Å². The van der Waals surface area contributed by atoms with Crippen molar-refractivity contribution in [2.45, 2.75) is 12.1 Å². The molecule has 1 aromatic carbocycles. The highest BCUT2D eigenvalue weighted by Crippen LogP contribution is 2.47. The summed E-state index contributed by atoms with van der Waals surface area (Å²) in [6, 6.07) is 13.1. The molecule has 0 unspecified atom stereocenters. The van der Waals surface area contributed by atoms with Gasteiger partial charge in [-0.25, -0.2) is 4.79 Å². The summed E-state index contributed by atoms with van der Waals surface area (Å²) in [7, 11) is 1.41. The Morgan fingerprint density at radius 3 is 2.61 bits per heavy atom. The average Bonchev–Trinajstić information content (AvgIpc) is 2.93. The molecular formula is C14H13NO3. The summed E-state index contributed by atoms with van der Waals surface area (Å²) in [5.41, 5.74) is 0.995. The Morgan fingerprint density at radius 2 is 2.00 bits per heavy atom. The molecule has 2 aromatic rings. The van der Waals surface area contributed by atoms with Crippen molar-refractivity contribution in [1.82, 2.24) is 0 Å². The second-order valence-corrected chi connectivity index (χ2v) is 4.17. The molecule has 0 radical (unpaired) electrons. The first kappa shape index (κ1) is 10.9. The van der Waals surface area contributed by atoms with Crippen LogP contribution in [0.5, 0.6) is 0 Å². The lowest BCUT2D eigenvalue weighted by Crippen LogP contribution is -2.13. The average molecular weight is 243 g/mol. The maximum atomic E-state index is 11.8. The van der Waals surface area contributed by atoms with E-state index in [9.17, 15) is 4.79 Å². The molecule has 18 heavy (non-hydrogen) atoms. The number of ether oxygens (including phenoxy) is 1. The largest absolute Gasteiger partial charge is 0.467 e. The SMILES string of the molecule is COC(=O)[C@@H]1[C@@H](c2ccco2)N1c1ccccc1. The molecule has 4 heteroatoms. The van der Waals surface area contributed by atoms with E-state index in [0.29, 0.717) is 0 Å². The lowest BCUT2D eigenvalue weighted by molar-refractivity contribution is -0.139. The van der Waals surface area contributed by atoms with Crippen LogP contribution in [-0.4, -0.2) is 19.1 Å². The number of para-hydroxylation sites is 1. The fourth-order valence-corrected chi connectivity index (χ4v) is 2.27. The summed E-state index contributed by atoms with van der Waals surface area (Å²) < 4.78 is 10.2. The number of carbonyl (C=O) groups is 1. The van der Waals surface area contributed by atoms with Gasteiger partial charge in [0.15, 0.2) is 6.04 Å². The van der Waals surface area contributed by atoms with Crippen LogP contribution in [0, 0.1) is 0 Å². The highest BCUT2D eigenvalue weighted by Gasteiger charge is 2.56. The van der Waals surface area contributed by atoms with Crippen LogP contribution in [0.15, 0.2) is 53.1 Å². The second-order valence-electron chi connectivity index (χ2n) is 4.17. The van der Waals surface area contributed by atoms with Crippen molar-refractivity contribution in [2.75, 3.05) is 12.0 Å². The fourth-order valence-electron chi connectivity index (χ4n) is 2.27. The maximum absolute atomic E-state index is 11.8. The van der Waals surface area contributed by atoms with Gasteiger partial charge in [0.2, 0.25) is 0 Å². The highest BCUT2D eigenvalue weighted by atomic mass is 16.5. The van der Waals surface area contributed by atoms with Crippen LogP contribution in [0.25, 0.3) is 0 Å². The van der Waals surface area contributed by atoms with Gasteiger partial charge < -0.3 is 14.1 Å². The number of nitrogens with zero attached hydrogens (tertiary/aromatic N) is 1. The molecule has 3 rings (SSSR count). The molecule has 0 amide bonds. The Balaban J connectivity index is 1.91. The third kappa shape index (κ3) is 1.66. The molecule has 1 aliphatic heterocycles. The van der Waals surface area contributed by atoms with Crippen molar-refractivity contribution in [3.63, 3.8) is 0 Å². The van der Waals surface area contributed by atoms with Crippen LogP contribution in [0.1, 0.15) is 11.8 Å². The Kier molecular flexibility index (Phi) is 2.55. The van der Waals surface area contributed by atoms with E-state index in [-0.39, 0.29) is 18.1 Å². The van der Waals surface area contributed by atoms with E-state index >= 15 is 0 Å². The normalized spacial score (nSPS) is 21.7. The summed E-state index contributed by atoms with van der Waals surface area (Å²) in [6.45, 7) is 0. The quantitative estimate of drug-likeness (QED) is 0.613. The zero-order chi connectivity index (χ0) is 12.5. The minimum atomic E-state index is -0.288. The number of carbonyl (C=O) groups excluding carboxylic acids is 1. The van der Waals surface area contributed by atoms with Crippen molar-refractivity contribution in [3.8, 4) is 0 Å². The number of benzene rings is 1. The van der Waals surface area contributed by atoms with Gasteiger partial charge in [0.1, 0.15) is 11.8 Å². The standard InChI is InChI=1S/C14H13NO3/c1-17-14(16)13-12(11-8-5-9-18-11)15(13)10-6-3-2-4-7-10/h2-9,12-13H,1H3/t12-,13+,15?/m1/s1. The van der Waals surface area contributed by atoms with Gasteiger partial charge in [0.05, 0.1) is 13.4 Å². The molecule has 0 bridgehead atoms. The van der Waals surface area contributed by atoms with Crippen LogP contribution in [0.4, 0.5) is 5.69 Å². The van der Waals surface area contributed by atoms with Crippen molar-refractivity contribution in [1.29, 1.82) is 0 Å². The van der Waals surface area contributed by atoms with Crippen LogP contribution in [0.2, 0.25) is 0 Å². The third-order valence-electron chi connectivity index (χ3n) is 3.14. The van der Waals surface area contributed by atoms with Gasteiger partial charge in [-0.3, -0.25) is 0 Å². The Morgan fingerprint density at radius 1 is 1.22 bits per heavy atom. The summed E-state index contributed by atoms with van der Waals surface area (Å²) in [5, 5.41) is 0. The summed E-state index contributed by atoms with van der Waals surface area (Å²) in [6.07, 6.45) is 1.62. The smallest absolute Gasteiger partial charge is 0.331 e. The molecule has 4 nitrogen and oxygen atoms in total. The molecule has 0 N–H and O–H groups in total. The first-order chi connectivity index (χ1) is 8.83. The van der Waals surface area contributed by atoms with E-state index in [1.165, 1.54) is 7.11 Å². The number of hydrogen-bond donors (Lipinski definition) is 0. The van der Waals surface area contributed by atoms with Gasteiger partial charge in [-0.2, -0.15) is 0 Å². The first-order valence-electron chi connectivity index (χ1n) is 5.77. The third-order valence-corrected chi connectivity index (χ3v) is 3.14. The number of hydrogen-bond acceptors (Lipinski definition) is 4. The number of esters is 1. The number of furan rings is 1. The van der Waals surface area contributed by atoms with Gasteiger partial charge in [0, 0.05) is 5.69 Å². The molecule has 1 fully saturated rings. The van der Waals surface area contributed by atoms with Crippen LogP contribution in [-0.2, 0) is 9.53 Å². The molecule has 2 heterocycles. The molecule has 0 spiro atoms. The van der Waals surface area contributed by atoms with Crippen LogP contribution < -0.4 is 4.90 Å². The topological polar surface area (TPSA) is 42.4 Å². The van der Waals surface area contributed by atoms with E-state index in [1.807, 2.05) is 47.4 Å². The van der Waals surface area contributed by atoms with E-state index in [4.69, 9.17) is 9.15 Å². The van der Waals surface area contributed by atoms with Crippen molar-refractivity contribution < 1.29 is 13.9 Å². The van der Waals surface area contributed by atoms with Crippen molar-refractivity contribution in [2.24, 2.45) is 0 Å². The molecule has 0 aliphatic carbocycles. The van der Waals surface area contributed by atoms with Crippen LogP contribution in [0.3, 0.4) is 0 Å². The van der Waals surface area contributed by atoms with E-state index in [2.05, 4.69) is 0 Å². The van der Waals surface area contributed by atoms with Gasteiger partial charge in [-0.05, 0) is 24.3 Å². The summed E-state index contributed by atoms with van der Waals surface area (Å²) in [5.74, 6) is 0.550. The zero-order valence-corrected chi connectivity index (χ0v) is 9.95. The molecule has 1 aromatic heterocycles. The molecule has 0 saturated carbocycles. The van der Waals surface area contributed by atoms with E-state index in [1.54, 1.807) is 6.26 Å². The number of rotatable bonds is 3. The molecule has 2 atom stereocenters. The minimum Gasteiger partial charge on any atom is -0.467 e. The van der Waals surface area contributed by atoms with Gasteiger partial charge in [-0.1, -0.05) is 18.2 Å². The first-order valence-corrected chi connectivity index (χ1v) is 5.77.